The molecule has 1 saturated heterocycles. The third kappa shape index (κ3) is 7.70. The Kier molecular flexibility index (Phi) is 8.28. The molecule has 1 aliphatic rings. The second-order valence-corrected chi connectivity index (χ2v) is 6.49. The number of carbonyl (C=O) groups is 1. The summed E-state index contributed by atoms with van der Waals surface area (Å²) in [5.41, 5.74) is -0.605. The van der Waals surface area contributed by atoms with E-state index >= 15 is 0 Å². The van der Waals surface area contributed by atoms with Gasteiger partial charge in [-0.3, -0.25) is 0 Å². The van der Waals surface area contributed by atoms with Crippen LogP contribution in [0.15, 0.2) is 0 Å². The molecule has 1 rings (SSSR count). The van der Waals surface area contributed by atoms with E-state index in [4.69, 9.17) is 4.74 Å². The van der Waals surface area contributed by atoms with Crippen LogP contribution in [0.3, 0.4) is 0 Å². The third-order valence-corrected chi connectivity index (χ3v) is 3.18. The second kappa shape index (κ2) is 8.01. The number of rotatable bonds is 2. The van der Waals surface area contributed by atoms with Crippen molar-refractivity contribution in [2.24, 2.45) is 0 Å². The molecule has 4 nitrogen and oxygen atoms in total. The van der Waals surface area contributed by atoms with Crippen molar-refractivity contribution in [3.8, 4) is 0 Å². The molecule has 0 saturated carbocycles. The van der Waals surface area contributed by atoms with E-state index < -0.39 is 25.1 Å². The molecule has 118 valence electrons. The van der Waals surface area contributed by atoms with Crippen LogP contribution in [0.1, 0.15) is 34.6 Å². The van der Waals surface area contributed by atoms with Crippen LogP contribution in [0, 0.1) is 0 Å². The van der Waals surface area contributed by atoms with Crippen LogP contribution in [0.4, 0.5) is 17.7 Å². The van der Waals surface area contributed by atoms with Crippen LogP contribution in [0.5, 0.6) is 0 Å². The van der Waals surface area contributed by atoms with Gasteiger partial charge in [-0.05, 0) is 41.1 Å². The van der Waals surface area contributed by atoms with Crippen LogP contribution in [-0.2, 0) is 4.74 Å². The van der Waals surface area contributed by atoms with Crippen LogP contribution < -0.4 is 51.4 Å². The SMILES string of the molecule is C[C@H]1CN(C(=O)OC(C)(C)C)[C@@H](C)CN1C[B-](F)(F)F.[K+]. The largest absolute Gasteiger partial charge is 1.00 e. The van der Waals surface area contributed by atoms with E-state index in [1.807, 2.05) is 0 Å². The Bertz CT molecular complexity index is 363. The summed E-state index contributed by atoms with van der Waals surface area (Å²) in [6.07, 6.45) is -1.35. The monoisotopic (exact) mass is 334 g/mol. The molecule has 0 unspecified atom stereocenters. The molecule has 1 heterocycles. The Morgan fingerprint density at radius 3 is 2.14 bits per heavy atom. The smallest absolute Gasteiger partial charge is 0.448 e. The fourth-order valence-corrected chi connectivity index (χ4v) is 2.29. The zero-order valence-electron chi connectivity index (χ0n) is 13.7. The van der Waals surface area contributed by atoms with Gasteiger partial charge < -0.3 is 27.5 Å². The van der Waals surface area contributed by atoms with Gasteiger partial charge in [-0.25, -0.2) is 4.79 Å². The third-order valence-electron chi connectivity index (χ3n) is 3.18. The quantitative estimate of drug-likeness (QED) is 0.651. The van der Waals surface area contributed by atoms with Crippen molar-refractivity contribution in [3.05, 3.63) is 0 Å². The van der Waals surface area contributed by atoms with E-state index in [0.29, 0.717) is 0 Å². The van der Waals surface area contributed by atoms with E-state index in [9.17, 15) is 17.7 Å². The fourth-order valence-electron chi connectivity index (χ4n) is 2.29. The molecule has 2 atom stereocenters. The molecule has 0 bridgehead atoms. The Morgan fingerprint density at radius 1 is 1.19 bits per heavy atom. The van der Waals surface area contributed by atoms with Gasteiger partial charge in [0.1, 0.15) is 5.60 Å². The minimum atomic E-state index is -4.85. The average molecular weight is 334 g/mol. The normalized spacial score (nSPS) is 24.5. The number of nitrogens with zero attached hydrogens (tertiary/aromatic N) is 2. The van der Waals surface area contributed by atoms with Crippen LogP contribution in [-0.4, -0.2) is 60.1 Å². The first-order valence-electron chi connectivity index (χ1n) is 6.84. The van der Waals surface area contributed by atoms with E-state index in [1.54, 1.807) is 34.6 Å². The first kappa shape index (κ1) is 21.7. The molecule has 0 aromatic carbocycles. The number of amides is 1. The molecule has 0 spiro atoms. The van der Waals surface area contributed by atoms with Crippen LogP contribution in [0.2, 0.25) is 0 Å². The molecular formula is C12H23BF3KN2O2. The Labute approximate surface area is 167 Å². The van der Waals surface area contributed by atoms with Crippen molar-refractivity contribution in [1.82, 2.24) is 9.80 Å². The Hall–Kier alpha value is 0.721. The molecular weight excluding hydrogens is 311 g/mol. The van der Waals surface area contributed by atoms with Gasteiger partial charge in [-0.15, -0.1) is 0 Å². The zero-order chi connectivity index (χ0) is 15.7. The minimum absolute atomic E-state index is 0. The zero-order valence-corrected chi connectivity index (χ0v) is 16.8. The summed E-state index contributed by atoms with van der Waals surface area (Å²) < 4.78 is 42.9. The fraction of sp³-hybridized carbons (Fsp3) is 0.917. The van der Waals surface area contributed by atoms with Crippen molar-refractivity contribution >= 4 is 13.1 Å². The predicted molar refractivity (Wildman–Crippen MR) is 72.5 cm³/mol. The molecule has 1 fully saturated rings. The standard InChI is InChI=1S/C12H23BF3N2O2.K/c1-9-7-18(11(19)20-12(3,4)5)10(2)6-17(9)8-13(14,15)16;/h9-10H,6-8H2,1-5H3;/q-1;+1/t9-,10-;/m0./s1. The number of piperazine rings is 1. The number of carbonyl (C=O) groups excluding carboxylic acids is 1. The van der Waals surface area contributed by atoms with E-state index in [1.165, 1.54) is 9.80 Å². The number of ether oxygens (including phenoxy) is 1. The van der Waals surface area contributed by atoms with Gasteiger partial charge in [0, 0.05) is 25.2 Å². The second-order valence-electron chi connectivity index (χ2n) is 6.49. The summed E-state index contributed by atoms with van der Waals surface area (Å²) in [6, 6.07) is -0.624. The van der Waals surface area contributed by atoms with Gasteiger partial charge >= 0.3 is 64.5 Å². The van der Waals surface area contributed by atoms with Crippen LogP contribution in [0.25, 0.3) is 0 Å². The predicted octanol–water partition coefficient (Wildman–Crippen LogP) is -0.293. The Morgan fingerprint density at radius 2 is 1.71 bits per heavy atom. The molecule has 0 aliphatic carbocycles. The number of halogens is 3. The Balaban J connectivity index is 0.00000400. The molecule has 0 radical (unpaired) electrons. The van der Waals surface area contributed by atoms with E-state index in [2.05, 4.69) is 0 Å². The average Bonchev–Trinajstić information content (AvgIpc) is 2.18. The van der Waals surface area contributed by atoms with Gasteiger partial charge in [0.25, 0.3) is 0 Å². The van der Waals surface area contributed by atoms with Gasteiger partial charge in [-0.2, -0.15) is 0 Å². The van der Waals surface area contributed by atoms with Crippen molar-refractivity contribution in [1.29, 1.82) is 0 Å². The van der Waals surface area contributed by atoms with Crippen molar-refractivity contribution in [2.45, 2.75) is 52.3 Å². The first-order chi connectivity index (χ1) is 8.89. The molecule has 0 N–H and O–H groups in total. The van der Waals surface area contributed by atoms with Gasteiger partial charge in [-0.1, -0.05) is 0 Å². The van der Waals surface area contributed by atoms with Gasteiger partial charge in [0.2, 0.25) is 0 Å². The van der Waals surface area contributed by atoms with E-state index in [-0.39, 0.29) is 76.6 Å². The summed E-state index contributed by atoms with van der Waals surface area (Å²) in [5.74, 6) is 0. The molecule has 9 heteroatoms. The summed E-state index contributed by atoms with van der Waals surface area (Å²) >= 11 is 0. The molecule has 0 aromatic rings. The molecule has 0 aromatic heterocycles. The maximum Gasteiger partial charge on any atom is 1.00 e. The summed E-state index contributed by atoms with van der Waals surface area (Å²) in [4.78, 5) is 14.9. The molecule has 21 heavy (non-hydrogen) atoms. The summed E-state index contributed by atoms with van der Waals surface area (Å²) in [6.45, 7) is 4.35. The maximum absolute atomic E-state index is 12.5. The van der Waals surface area contributed by atoms with E-state index in [0.717, 1.165) is 0 Å². The van der Waals surface area contributed by atoms with Gasteiger partial charge in [0.05, 0.1) is 0 Å². The van der Waals surface area contributed by atoms with Gasteiger partial charge in [0.15, 0.2) is 0 Å². The molecule has 1 aliphatic heterocycles. The topological polar surface area (TPSA) is 32.8 Å². The summed E-state index contributed by atoms with van der Waals surface area (Å²) in [7, 11) is 0. The van der Waals surface area contributed by atoms with Crippen LogP contribution >= 0.6 is 0 Å². The number of hydrogen-bond acceptors (Lipinski definition) is 3. The summed E-state index contributed by atoms with van der Waals surface area (Å²) in [5, 5.41) is 0. The minimum Gasteiger partial charge on any atom is -0.448 e. The van der Waals surface area contributed by atoms with Crippen molar-refractivity contribution < 1.29 is 73.9 Å². The first-order valence-corrected chi connectivity index (χ1v) is 6.84. The molecule has 1 amide bonds. The maximum atomic E-state index is 12.5. The van der Waals surface area contributed by atoms with Crippen molar-refractivity contribution in [3.63, 3.8) is 0 Å². The van der Waals surface area contributed by atoms with Crippen molar-refractivity contribution in [2.75, 3.05) is 19.5 Å². The number of hydrogen-bond donors (Lipinski definition) is 0.